The van der Waals surface area contributed by atoms with Crippen LogP contribution in [0.25, 0.3) is 5.69 Å². The fourth-order valence-corrected chi connectivity index (χ4v) is 4.06. The molecule has 2 N–H and O–H groups in total. The molecule has 1 aliphatic heterocycles. The second kappa shape index (κ2) is 8.43. The van der Waals surface area contributed by atoms with E-state index in [1.807, 2.05) is 18.2 Å². The summed E-state index contributed by atoms with van der Waals surface area (Å²) in [5.74, 6) is -2.68. The molecule has 0 unspecified atom stereocenters. The molecule has 0 atom stereocenters. The van der Waals surface area contributed by atoms with E-state index in [1.54, 1.807) is 18.2 Å². The molecule has 170 valence electrons. The van der Waals surface area contributed by atoms with E-state index in [1.165, 1.54) is 49.0 Å². The van der Waals surface area contributed by atoms with Crippen LogP contribution < -0.4 is 10.0 Å². The molecule has 1 saturated heterocycles. The van der Waals surface area contributed by atoms with E-state index in [-0.39, 0.29) is 16.3 Å². The Morgan fingerprint density at radius 3 is 2.21 bits per heavy atom. The van der Waals surface area contributed by atoms with Gasteiger partial charge in [-0.05, 0) is 36.4 Å². The Morgan fingerprint density at radius 1 is 0.939 bits per heavy atom. The number of hydrogen-bond donors (Lipinski definition) is 2. The molecule has 10 nitrogen and oxygen atoms in total. The van der Waals surface area contributed by atoms with Gasteiger partial charge in [0.2, 0.25) is 0 Å². The van der Waals surface area contributed by atoms with Gasteiger partial charge in [0.15, 0.2) is 5.57 Å². The fourth-order valence-electron chi connectivity index (χ4n) is 3.02. The van der Waals surface area contributed by atoms with E-state index in [9.17, 15) is 18.0 Å². The van der Waals surface area contributed by atoms with Gasteiger partial charge in [-0.15, -0.1) is 0 Å². The molecule has 1 aliphatic rings. The Labute approximate surface area is 189 Å². The number of esters is 2. The van der Waals surface area contributed by atoms with Crippen LogP contribution in [0, 0.1) is 0 Å². The van der Waals surface area contributed by atoms with Crippen LogP contribution in [-0.4, -0.2) is 35.9 Å². The number of benzene rings is 2. The van der Waals surface area contributed by atoms with Crippen LogP contribution in [0.4, 0.5) is 11.5 Å². The van der Waals surface area contributed by atoms with E-state index >= 15 is 0 Å². The van der Waals surface area contributed by atoms with Gasteiger partial charge in [-0.3, -0.25) is 4.72 Å². The maximum absolute atomic E-state index is 12.8. The van der Waals surface area contributed by atoms with Gasteiger partial charge in [0.1, 0.15) is 5.82 Å². The third-order valence-electron chi connectivity index (χ3n) is 4.55. The monoisotopic (exact) mass is 468 g/mol. The molecule has 0 bridgehead atoms. The Bertz CT molecular complexity index is 1310. The molecular weight excluding hydrogens is 448 g/mol. The van der Waals surface area contributed by atoms with Crippen molar-refractivity contribution in [1.82, 2.24) is 9.78 Å². The van der Waals surface area contributed by atoms with Crippen molar-refractivity contribution in [2.45, 2.75) is 24.5 Å². The van der Waals surface area contributed by atoms with Crippen LogP contribution >= 0.6 is 0 Å². The second-order valence-electron chi connectivity index (χ2n) is 7.47. The lowest BCUT2D eigenvalue weighted by atomic mass is 10.2. The summed E-state index contributed by atoms with van der Waals surface area (Å²) in [6.45, 7) is 2.90. The number of carbonyl (C=O) groups excluding carboxylic acids is 2. The molecule has 0 aliphatic carbocycles. The molecule has 2 heterocycles. The van der Waals surface area contributed by atoms with Crippen LogP contribution in [0.5, 0.6) is 0 Å². The van der Waals surface area contributed by atoms with Crippen molar-refractivity contribution in [3.05, 3.63) is 78.6 Å². The zero-order valence-corrected chi connectivity index (χ0v) is 18.5. The first-order chi connectivity index (χ1) is 15.6. The van der Waals surface area contributed by atoms with Crippen molar-refractivity contribution in [3.63, 3.8) is 0 Å². The van der Waals surface area contributed by atoms with E-state index < -0.39 is 27.7 Å². The minimum absolute atomic E-state index is 0.0137. The van der Waals surface area contributed by atoms with Crippen molar-refractivity contribution in [1.29, 1.82) is 0 Å². The predicted octanol–water partition coefficient (Wildman–Crippen LogP) is 2.81. The normalized spacial score (nSPS) is 15.4. The zero-order valence-electron chi connectivity index (χ0n) is 17.7. The van der Waals surface area contributed by atoms with Crippen molar-refractivity contribution < 1.29 is 27.5 Å². The molecule has 1 fully saturated rings. The van der Waals surface area contributed by atoms with E-state index in [0.717, 1.165) is 6.20 Å². The summed E-state index contributed by atoms with van der Waals surface area (Å²) in [5.41, 5.74) is 0.846. The van der Waals surface area contributed by atoms with Gasteiger partial charge in [-0.25, -0.2) is 22.7 Å². The lowest BCUT2D eigenvalue weighted by Gasteiger charge is -2.29. The summed E-state index contributed by atoms with van der Waals surface area (Å²) < 4.78 is 39.7. The zero-order chi connectivity index (χ0) is 23.6. The Morgan fingerprint density at radius 2 is 1.58 bits per heavy atom. The van der Waals surface area contributed by atoms with Gasteiger partial charge in [-0.2, -0.15) is 5.10 Å². The maximum Gasteiger partial charge on any atom is 0.350 e. The molecule has 0 radical (unpaired) electrons. The van der Waals surface area contributed by atoms with Gasteiger partial charge < -0.3 is 14.8 Å². The quantitative estimate of drug-likeness (QED) is 0.321. The van der Waals surface area contributed by atoms with Gasteiger partial charge in [0.05, 0.1) is 16.8 Å². The Balaban J connectivity index is 1.48. The number of ether oxygens (including phenoxy) is 2. The Kier molecular flexibility index (Phi) is 5.64. The average Bonchev–Trinajstić information content (AvgIpc) is 3.20. The van der Waals surface area contributed by atoms with E-state index in [4.69, 9.17) is 9.47 Å². The second-order valence-corrected chi connectivity index (χ2v) is 9.16. The largest absolute Gasteiger partial charge is 0.419 e. The summed E-state index contributed by atoms with van der Waals surface area (Å²) in [7, 11) is -3.90. The number of aromatic nitrogens is 2. The highest BCUT2D eigenvalue weighted by atomic mass is 32.2. The van der Waals surface area contributed by atoms with E-state index in [2.05, 4.69) is 15.1 Å². The van der Waals surface area contributed by atoms with Gasteiger partial charge in [-0.1, -0.05) is 18.2 Å². The molecule has 3 aromatic rings. The highest BCUT2D eigenvalue weighted by Gasteiger charge is 2.38. The van der Waals surface area contributed by atoms with Gasteiger partial charge in [0, 0.05) is 31.8 Å². The van der Waals surface area contributed by atoms with Crippen LogP contribution in [-0.2, 0) is 29.1 Å². The van der Waals surface area contributed by atoms with Crippen molar-refractivity contribution in [2.24, 2.45) is 0 Å². The molecule has 0 spiro atoms. The average molecular weight is 468 g/mol. The summed E-state index contributed by atoms with van der Waals surface area (Å²) in [4.78, 5) is 24.0. The third kappa shape index (κ3) is 4.88. The van der Waals surface area contributed by atoms with Crippen molar-refractivity contribution in [3.8, 4) is 5.69 Å². The summed E-state index contributed by atoms with van der Waals surface area (Å²) in [6.07, 6.45) is 2.65. The van der Waals surface area contributed by atoms with Crippen molar-refractivity contribution in [2.75, 3.05) is 10.0 Å². The number of rotatable bonds is 6. The third-order valence-corrected chi connectivity index (χ3v) is 5.92. The molecule has 0 amide bonds. The number of nitrogens with zero attached hydrogens (tertiary/aromatic N) is 2. The lowest BCUT2D eigenvalue weighted by molar-refractivity contribution is -0.222. The minimum atomic E-state index is -3.90. The first kappa shape index (κ1) is 22.1. The predicted molar refractivity (Wildman–Crippen MR) is 119 cm³/mol. The van der Waals surface area contributed by atoms with E-state index in [0.29, 0.717) is 11.4 Å². The summed E-state index contributed by atoms with van der Waals surface area (Å²) in [6, 6.07) is 16.4. The highest BCUT2D eigenvalue weighted by Crippen LogP contribution is 2.24. The Hall–Kier alpha value is -4.12. The molecular formula is C22H20N4O6S. The lowest BCUT2D eigenvalue weighted by Crippen LogP contribution is -2.42. The molecule has 0 saturated carbocycles. The maximum atomic E-state index is 12.8. The van der Waals surface area contributed by atoms with Gasteiger partial charge in [0.25, 0.3) is 15.8 Å². The molecule has 1 aromatic heterocycles. The highest BCUT2D eigenvalue weighted by molar-refractivity contribution is 7.92. The standard InChI is InChI=1S/C22H20N4O6S/c1-22(2)31-20(27)18(21(28)32-22)14-23-15-8-10-17(11-9-15)33(29,30)25-19-12-13-24-26(19)16-6-4-3-5-7-16/h3-14,23,25H,1-2H3. The smallest absolute Gasteiger partial charge is 0.350 e. The number of cyclic esters (lactones) is 2. The number of anilines is 2. The molecule has 33 heavy (non-hydrogen) atoms. The number of para-hydroxylation sites is 1. The first-order valence-electron chi connectivity index (χ1n) is 9.80. The first-order valence-corrected chi connectivity index (χ1v) is 11.3. The minimum Gasteiger partial charge on any atom is -0.419 e. The van der Waals surface area contributed by atoms with Gasteiger partial charge >= 0.3 is 11.9 Å². The van der Waals surface area contributed by atoms with Crippen LogP contribution in [0.1, 0.15) is 13.8 Å². The topological polar surface area (TPSA) is 129 Å². The van der Waals surface area contributed by atoms with Crippen LogP contribution in [0.3, 0.4) is 0 Å². The number of nitrogens with one attached hydrogen (secondary N) is 2. The number of carbonyl (C=O) groups is 2. The van der Waals surface area contributed by atoms with Crippen LogP contribution in [0.2, 0.25) is 0 Å². The SMILES string of the molecule is CC1(C)OC(=O)C(=CNc2ccc(S(=O)(=O)Nc3ccnn3-c3ccccc3)cc2)C(=O)O1. The molecule has 11 heteroatoms. The number of sulfonamides is 1. The summed E-state index contributed by atoms with van der Waals surface area (Å²) >= 11 is 0. The summed E-state index contributed by atoms with van der Waals surface area (Å²) in [5, 5.41) is 6.93. The van der Waals surface area contributed by atoms with Crippen LogP contribution in [0.15, 0.2) is 83.5 Å². The number of hydrogen-bond acceptors (Lipinski definition) is 8. The van der Waals surface area contributed by atoms with Crippen molar-refractivity contribution >= 4 is 33.5 Å². The fraction of sp³-hybridized carbons (Fsp3) is 0.136. The molecule has 2 aromatic carbocycles. The molecule has 4 rings (SSSR count).